The van der Waals surface area contributed by atoms with Gasteiger partial charge in [0.2, 0.25) is 0 Å². The molecule has 0 aliphatic carbocycles. The normalized spacial score (nSPS) is 12.4. The van der Waals surface area contributed by atoms with Crippen molar-refractivity contribution in [1.82, 2.24) is 14.8 Å². The zero-order valence-corrected chi connectivity index (χ0v) is 13.3. The van der Waals surface area contributed by atoms with Gasteiger partial charge >= 0.3 is 0 Å². The molecule has 1 atom stereocenters. The van der Waals surface area contributed by atoms with Gasteiger partial charge in [-0.2, -0.15) is 5.10 Å². The second kappa shape index (κ2) is 6.37. The van der Waals surface area contributed by atoms with E-state index in [4.69, 9.17) is 11.6 Å². The molecule has 2 aromatic rings. The second-order valence-electron chi connectivity index (χ2n) is 4.58. The lowest BCUT2D eigenvalue weighted by Gasteiger charge is -2.14. The van der Waals surface area contributed by atoms with Crippen molar-refractivity contribution in [3.8, 4) is 0 Å². The summed E-state index contributed by atoms with van der Waals surface area (Å²) in [7, 11) is 0. The average molecular weight is 313 g/mol. The Hall–Kier alpha value is -1.40. The van der Waals surface area contributed by atoms with Crippen molar-refractivity contribution in [3.05, 3.63) is 37.7 Å². The number of anilines is 1. The first-order valence-corrected chi connectivity index (χ1v) is 7.66. The van der Waals surface area contributed by atoms with Gasteiger partial charge in [0.15, 0.2) is 0 Å². The molecule has 108 valence electrons. The number of rotatable bonds is 5. The minimum Gasteiger partial charge on any atom is -0.373 e. The van der Waals surface area contributed by atoms with Crippen LogP contribution in [0.25, 0.3) is 0 Å². The van der Waals surface area contributed by atoms with Crippen LogP contribution in [0.3, 0.4) is 0 Å². The number of hydrogen-bond acceptors (Lipinski definition) is 5. The highest BCUT2D eigenvalue weighted by Gasteiger charge is 2.14. The number of hydrogen-bond donors (Lipinski definition) is 1. The van der Waals surface area contributed by atoms with Crippen LogP contribution < -0.4 is 10.9 Å². The van der Waals surface area contributed by atoms with Gasteiger partial charge in [0.25, 0.3) is 5.56 Å². The molecular weight excluding hydrogens is 296 g/mol. The third-order valence-corrected chi connectivity index (χ3v) is 4.26. The molecule has 5 nitrogen and oxygen atoms in total. The van der Waals surface area contributed by atoms with Gasteiger partial charge in [0.1, 0.15) is 10.0 Å². The van der Waals surface area contributed by atoms with E-state index in [9.17, 15) is 4.79 Å². The summed E-state index contributed by atoms with van der Waals surface area (Å²) >= 11 is 7.73. The summed E-state index contributed by atoms with van der Waals surface area (Å²) in [6.07, 6.45) is 4.26. The largest absolute Gasteiger partial charge is 0.373 e. The van der Waals surface area contributed by atoms with E-state index in [0.717, 1.165) is 16.3 Å². The quantitative estimate of drug-likeness (QED) is 0.920. The van der Waals surface area contributed by atoms with Gasteiger partial charge in [-0.3, -0.25) is 4.79 Å². The number of aryl methyl sites for hydroxylation is 2. The number of halogens is 1. The van der Waals surface area contributed by atoms with Crippen LogP contribution in [0.2, 0.25) is 5.02 Å². The molecule has 0 spiro atoms. The molecule has 0 amide bonds. The van der Waals surface area contributed by atoms with E-state index in [-0.39, 0.29) is 16.6 Å². The summed E-state index contributed by atoms with van der Waals surface area (Å²) in [5.41, 5.74) is 0.283. The fourth-order valence-electron chi connectivity index (χ4n) is 1.80. The molecule has 2 aromatic heterocycles. The molecule has 0 aliphatic rings. The predicted octanol–water partition coefficient (Wildman–Crippen LogP) is 3.24. The molecule has 0 saturated carbocycles. The lowest BCUT2D eigenvalue weighted by molar-refractivity contribution is 0.568. The molecule has 1 unspecified atom stereocenters. The second-order valence-corrected chi connectivity index (χ2v) is 6.22. The van der Waals surface area contributed by atoms with Gasteiger partial charge in [-0.05, 0) is 20.3 Å². The van der Waals surface area contributed by atoms with Crippen molar-refractivity contribution >= 4 is 28.6 Å². The number of thiazole rings is 1. The van der Waals surface area contributed by atoms with E-state index in [1.54, 1.807) is 17.5 Å². The van der Waals surface area contributed by atoms with Gasteiger partial charge in [0.05, 0.1) is 17.9 Å². The molecule has 20 heavy (non-hydrogen) atoms. The smallest absolute Gasteiger partial charge is 0.287 e. The molecule has 0 bridgehead atoms. The van der Waals surface area contributed by atoms with Crippen LogP contribution in [0.5, 0.6) is 0 Å². The predicted molar refractivity (Wildman–Crippen MR) is 82.7 cm³/mol. The first kappa shape index (κ1) is 15.0. The van der Waals surface area contributed by atoms with Crippen molar-refractivity contribution in [1.29, 1.82) is 0 Å². The number of nitrogens with zero attached hydrogens (tertiary/aromatic N) is 3. The minimum absolute atomic E-state index is 0.0191. The van der Waals surface area contributed by atoms with Crippen LogP contribution in [0.4, 0.5) is 5.69 Å². The van der Waals surface area contributed by atoms with Crippen LogP contribution >= 0.6 is 22.9 Å². The van der Waals surface area contributed by atoms with Crippen LogP contribution in [-0.2, 0) is 6.54 Å². The molecule has 1 N–H and O–H groups in total. The van der Waals surface area contributed by atoms with Crippen LogP contribution in [0.15, 0.2) is 17.2 Å². The third kappa shape index (κ3) is 3.19. The fourth-order valence-corrected chi connectivity index (χ4v) is 2.78. The minimum atomic E-state index is -0.263. The number of nitrogens with one attached hydrogen (secondary N) is 1. The Balaban J connectivity index is 2.22. The van der Waals surface area contributed by atoms with Crippen LogP contribution in [0, 0.1) is 6.92 Å². The molecular formula is C13H17ClN4OS. The van der Waals surface area contributed by atoms with Crippen LogP contribution in [-0.4, -0.2) is 14.8 Å². The molecule has 0 saturated heterocycles. The Labute approximate surface area is 126 Å². The summed E-state index contributed by atoms with van der Waals surface area (Å²) in [5, 5.41) is 8.44. The molecule has 2 rings (SSSR count). The van der Waals surface area contributed by atoms with E-state index in [1.807, 2.05) is 27.0 Å². The summed E-state index contributed by atoms with van der Waals surface area (Å²) < 4.78 is 1.38. The average Bonchev–Trinajstić information content (AvgIpc) is 2.85. The third-order valence-electron chi connectivity index (χ3n) is 2.80. The maximum atomic E-state index is 12.0. The van der Waals surface area contributed by atoms with Crippen molar-refractivity contribution < 1.29 is 0 Å². The first-order chi connectivity index (χ1) is 9.52. The summed E-state index contributed by atoms with van der Waals surface area (Å²) in [6, 6.07) is -0.0191. The Kier molecular flexibility index (Phi) is 4.77. The summed E-state index contributed by atoms with van der Waals surface area (Å²) in [5.74, 6) is 0. The Morgan fingerprint density at radius 3 is 2.85 bits per heavy atom. The first-order valence-electron chi connectivity index (χ1n) is 6.47. The maximum Gasteiger partial charge on any atom is 0.287 e. The number of aromatic nitrogens is 3. The van der Waals surface area contributed by atoms with Gasteiger partial charge in [-0.1, -0.05) is 18.5 Å². The van der Waals surface area contributed by atoms with Gasteiger partial charge in [0, 0.05) is 17.6 Å². The highest BCUT2D eigenvalue weighted by molar-refractivity contribution is 7.11. The fraction of sp³-hybridized carbons (Fsp3) is 0.462. The molecule has 7 heteroatoms. The van der Waals surface area contributed by atoms with E-state index >= 15 is 0 Å². The van der Waals surface area contributed by atoms with Crippen LogP contribution in [0.1, 0.15) is 36.2 Å². The lowest BCUT2D eigenvalue weighted by atomic mass is 10.3. The van der Waals surface area contributed by atoms with E-state index in [0.29, 0.717) is 12.2 Å². The van der Waals surface area contributed by atoms with E-state index in [1.165, 1.54) is 4.68 Å². The van der Waals surface area contributed by atoms with Crippen molar-refractivity contribution in [2.75, 3.05) is 5.32 Å². The monoisotopic (exact) mass is 312 g/mol. The molecule has 0 aromatic carbocycles. The Bertz CT molecular complexity index is 652. The molecule has 0 fully saturated rings. The SMILES string of the molecule is CCCn1ncc(NC(C)c2ncc(C)s2)c(Cl)c1=O. The molecule has 0 aliphatic heterocycles. The maximum absolute atomic E-state index is 12.0. The van der Waals surface area contributed by atoms with E-state index < -0.39 is 0 Å². The van der Waals surface area contributed by atoms with Crippen molar-refractivity contribution in [3.63, 3.8) is 0 Å². The van der Waals surface area contributed by atoms with Gasteiger partial charge < -0.3 is 5.32 Å². The Morgan fingerprint density at radius 1 is 1.50 bits per heavy atom. The highest BCUT2D eigenvalue weighted by atomic mass is 35.5. The zero-order chi connectivity index (χ0) is 14.7. The zero-order valence-electron chi connectivity index (χ0n) is 11.7. The summed E-state index contributed by atoms with van der Waals surface area (Å²) in [4.78, 5) is 17.5. The highest BCUT2D eigenvalue weighted by Crippen LogP contribution is 2.25. The Morgan fingerprint density at radius 2 is 2.25 bits per heavy atom. The van der Waals surface area contributed by atoms with Crippen molar-refractivity contribution in [2.24, 2.45) is 0 Å². The summed E-state index contributed by atoms with van der Waals surface area (Å²) in [6.45, 7) is 6.54. The van der Waals surface area contributed by atoms with Gasteiger partial charge in [-0.15, -0.1) is 11.3 Å². The van der Waals surface area contributed by atoms with E-state index in [2.05, 4.69) is 15.4 Å². The topological polar surface area (TPSA) is 59.8 Å². The van der Waals surface area contributed by atoms with Gasteiger partial charge in [-0.25, -0.2) is 9.67 Å². The molecule has 2 heterocycles. The molecule has 0 radical (unpaired) electrons. The lowest BCUT2D eigenvalue weighted by Crippen LogP contribution is -2.24. The van der Waals surface area contributed by atoms with Crippen molar-refractivity contribution in [2.45, 2.75) is 39.8 Å². The standard InChI is InChI=1S/C13H17ClN4OS/c1-4-5-18-13(19)11(14)10(7-16-18)17-9(3)12-15-6-8(2)20-12/h6-7,9,17H,4-5H2,1-3H3.